The molecule has 156 valence electrons. The second-order valence-corrected chi connectivity index (χ2v) is 8.69. The smallest absolute Gasteiger partial charge is 0.302 e. The van der Waals surface area contributed by atoms with Crippen molar-refractivity contribution < 1.29 is 39.5 Å². The fraction of sp³-hybridized carbons (Fsp3) is 0.895. The van der Waals surface area contributed by atoms with Gasteiger partial charge in [-0.15, -0.1) is 0 Å². The molecule has 2 rings (SSSR count). The molecule has 0 aromatic carbocycles. The van der Waals surface area contributed by atoms with E-state index in [1.54, 1.807) is 13.8 Å². The van der Waals surface area contributed by atoms with Gasteiger partial charge in [0.1, 0.15) is 18.8 Å². The summed E-state index contributed by atoms with van der Waals surface area (Å²) in [5, 5.41) is 44.1. The Labute approximate surface area is 159 Å². The van der Waals surface area contributed by atoms with E-state index in [1.165, 1.54) is 13.8 Å². The van der Waals surface area contributed by atoms with E-state index in [-0.39, 0.29) is 18.8 Å². The van der Waals surface area contributed by atoms with Gasteiger partial charge < -0.3 is 29.9 Å². The van der Waals surface area contributed by atoms with Crippen molar-refractivity contribution >= 4 is 11.9 Å². The summed E-state index contributed by atoms with van der Waals surface area (Å²) in [7, 11) is 0. The first-order valence-corrected chi connectivity index (χ1v) is 9.42. The minimum absolute atomic E-state index is 0.219. The summed E-state index contributed by atoms with van der Waals surface area (Å²) >= 11 is 0. The molecule has 4 N–H and O–H groups in total. The van der Waals surface area contributed by atoms with Crippen LogP contribution in [-0.4, -0.2) is 68.5 Å². The molecular weight excluding hydrogens is 356 g/mol. The van der Waals surface area contributed by atoms with Crippen LogP contribution in [0.1, 0.15) is 53.4 Å². The Bertz CT molecular complexity index is 552. The topological polar surface area (TPSA) is 134 Å². The van der Waals surface area contributed by atoms with Gasteiger partial charge in [0.2, 0.25) is 0 Å². The van der Waals surface area contributed by atoms with Crippen LogP contribution in [0.4, 0.5) is 0 Å². The molecule has 0 aromatic heterocycles. The highest BCUT2D eigenvalue weighted by atomic mass is 16.6. The molecule has 0 aliphatic heterocycles. The van der Waals surface area contributed by atoms with Gasteiger partial charge in [0.15, 0.2) is 0 Å². The molecule has 27 heavy (non-hydrogen) atoms. The fourth-order valence-corrected chi connectivity index (χ4v) is 4.88. The van der Waals surface area contributed by atoms with E-state index in [9.17, 15) is 30.0 Å². The first-order valence-electron chi connectivity index (χ1n) is 9.42. The molecule has 8 heteroatoms. The third kappa shape index (κ3) is 4.62. The molecule has 8 nitrogen and oxygen atoms in total. The summed E-state index contributed by atoms with van der Waals surface area (Å²) in [4.78, 5) is 22.5. The third-order valence-electron chi connectivity index (χ3n) is 6.39. The van der Waals surface area contributed by atoms with E-state index in [4.69, 9.17) is 9.47 Å². The largest absolute Gasteiger partial charge is 0.463 e. The lowest BCUT2D eigenvalue weighted by molar-refractivity contribution is -0.185. The Kier molecular flexibility index (Phi) is 6.26. The number of hydrogen-bond donors (Lipinski definition) is 4. The maximum atomic E-state index is 11.3. The van der Waals surface area contributed by atoms with Crippen molar-refractivity contribution in [1.29, 1.82) is 0 Å². The van der Waals surface area contributed by atoms with E-state index in [0.717, 1.165) is 0 Å². The van der Waals surface area contributed by atoms with E-state index in [1.807, 2.05) is 0 Å². The highest BCUT2D eigenvalue weighted by Gasteiger charge is 2.59. The Morgan fingerprint density at radius 1 is 1.00 bits per heavy atom. The maximum Gasteiger partial charge on any atom is 0.302 e. The standard InChI is InChI=1S/C19H32O8/c1-11(20)26-9-19(25,10-27-12(2)21)14-6-7-17(3,23)13-5-8-18(4,24)15(13)16(14)22/h13-16,22-25H,5-10H2,1-4H3. The lowest BCUT2D eigenvalue weighted by Gasteiger charge is -2.42. The monoisotopic (exact) mass is 388 g/mol. The lowest BCUT2D eigenvalue weighted by atomic mass is 9.72. The molecule has 6 unspecified atom stereocenters. The number of carbonyl (C=O) groups is 2. The predicted octanol–water partition coefficient (Wildman–Crippen LogP) is 0.143. The second kappa shape index (κ2) is 7.66. The van der Waals surface area contributed by atoms with Crippen molar-refractivity contribution in [3.05, 3.63) is 0 Å². The summed E-state index contributed by atoms with van der Waals surface area (Å²) < 4.78 is 9.96. The maximum absolute atomic E-state index is 11.3. The average Bonchev–Trinajstić information content (AvgIpc) is 2.81. The van der Waals surface area contributed by atoms with Crippen molar-refractivity contribution in [2.75, 3.05) is 13.2 Å². The zero-order valence-electron chi connectivity index (χ0n) is 16.5. The van der Waals surface area contributed by atoms with Crippen LogP contribution in [0.25, 0.3) is 0 Å². The van der Waals surface area contributed by atoms with Gasteiger partial charge in [-0.2, -0.15) is 0 Å². The molecule has 2 aliphatic carbocycles. The van der Waals surface area contributed by atoms with Crippen LogP contribution < -0.4 is 0 Å². The summed E-state index contributed by atoms with van der Waals surface area (Å²) in [6.45, 7) is 4.77. The van der Waals surface area contributed by atoms with E-state index in [0.29, 0.717) is 12.8 Å². The highest BCUT2D eigenvalue weighted by Crippen LogP contribution is 2.53. The van der Waals surface area contributed by atoms with E-state index in [2.05, 4.69) is 0 Å². The average molecular weight is 388 g/mol. The second-order valence-electron chi connectivity index (χ2n) is 8.69. The molecule has 0 heterocycles. The number of aliphatic hydroxyl groups excluding tert-OH is 1. The summed E-state index contributed by atoms with van der Waals surface area (Å²) in [6, 6.07) is 0. The third-order valence-corrected chi connectivity index (χ3v) is 6.39. The number of carbonyl (C=O) groups excluding carboxylic acids is 2. The number of esters is 2. The summed E-state index contributed by atoms with van der Waals surface area (Å²) in [5.74, 6) is -3.09. The van der Waals surface area contributed by atoms with Gasteiger partial charge in [-0.25, -0.2) is 0 Å². The van der Waals surface area contributed by atoms with Gasteiger partial charge in [-0.1, -0.05) is 0 Å². The van der Waals surface area contributed by atoms with Gasteiger partial charge in [-0.05, 0) is 45.4 Å². The summed E-state index contributed by atoms with van der Waals surface area (Å²) in [5.41, 5.74) is -4.16. The van der Waals surface area contributed by atoms with Crippen molar-refractivity contribution in [2.45, 2.75) is 76.3 Å². The number of ether oxygens (including phenoxy) is 2. The molecule has 2 saturated carbocycles. The van der Waals surface area contributed by atoms with Crippen LogP contribution in [0.3, 0.4) is 0 Å². The fourth-order valence-electron chi connectivity index (χ4n) is 4.88. The molecule has 6 atom stereocenters. The molecule has 0 saturated heterocycles. The molecule has 0 radical (unpaired) electrons. The van der Waals surface area contributed by atoms with Gasteiger partial charge >= 0.3 is 11.9 Å². The molecule has 0 amide bonds. The van der Waals surface area contributed by atoms with Crippen LogP contribution in [0.5, 0.6) is 0 Å². The Hall–Kier alpha value is -1.22. The number of aliphatic hydroxyl groups is 4. The van der Waals surface area contributed by atoms with Crippen molar-refractivity contribution in [3.63, 3.8) is 0 Å². The summed E-state index contributed by atoms with van der Waals surface area (Å²) in [6.07, 6.45) is 0.317. The van der Waals surface area contributed by atoms with Crippen LogP contribution in [-0.2, 0) is 19.1 Å². The van der Waals surface area contributed by atoms with E-state index >= 15 is 0 Å². The quantitative estimate of drug-likeness (QED) is 0.489. The first kappa shape index (κ1) is 22.1. The zero-order chi connectivity index (χ0) is 20.6. The van der Waals surface area contributed by atoms with Crippen molar-refractivity contribution in [2.24, 2.45) is 17.8 Å². The van der Waals surface area contributed by atoms with Crippen LogP contribution in [0.2, 0.25) is 0 Å². The minimum Gasteiger partial charge on any atom is -0.463 e. The minimum atomic E-state index is -1.83. The van der Waals surface area contributed by atoms with Crippen molar-refractivity contribution in [1.82, 2.24) is 0 Å². The first-order chi connectivity index (χ1) is 12.3. The van der Waals surface area contributed by atoms with Crippen LogP contribution >= 0.6 is 0 Å². The number of hydrogen-bond acceptors (Lipinski definition) is 8. The van der Waals surface area contributed by atoms with Gasteiger partial charge in [-0.3, -0.25) is 9.59 Å². The molecule has 0 bridgehead atoms. The normalized spacial score (nSPS) is 39.4. The SMILES string of the molecule is CC(=O)OCC(O)(COC(C)=O)C1CCC(C)(O)C2CCC(C)(O)C2C1O. The van der Waals surface area contributed by atoms with Crippen molar-refractivity contribution in [3.8, 4) is 0 Å². The van der Waals surface area contributed by atoms with Gasteiger partial charge in [0, 0.05) is 25.7 Å². The Morgan fingerprint density at radius 2 is 1.48 bits per heavy atom. The number of fused-ring (bicyclic) bond motifs is 1. The van der Waals surface area contributed by atoms with Gasteiger partial charge in [0.25, 0.3) is 0 Å². The zero-order valence-corrected chi connectivity index (χ0v) is 16.5. The van der Waals surface area contributed by atoms with E-state index < -0.39 is 59.9 Å². The molecule has 0 spiro atoms. The molecule has 0 aromatic rings. The Balaban J connectivity index is 2.38. The molecule has 2 fully saturated rings. The van der Waals surface area contributed by atoms with Gasteiger partial charge in [0.05, 0.1) is 17.3 Å². The predicted molar refractivity (Wildman–Crippen MR) is 94.4 cm³/mol. The molecule has 2 aliphatic rings. The van der Waals surface area contributed by atoms with Crippen LogP contribution in [0.15, 0.2) is 0 Å². The number of rotatable bonds is 5. The lowest BCUT2D eigenvalue weighted by Crippen LogP contribution is -2.56. The Morgan fingerprint density at radius 3 is 1.96 bits per heavy atom. The van der Waals surface area contributed by atoms with Crippen LogP contribution in [0, 0.1) is 17.8 Å². The molecular formula is C19H32O8. The highest BCUT2D eigenvalue weighted by molar-refractivity contribution is 5.66.